The van der Waals surface area contributed by atoms with Gasteiger partial charge in [-0.15, -0.1) is 11.3 Å². The van der Waals surface area contributed by atoms with E-state index in [-0.39, 0.29) is 6.10 Å². The molecular formula is C16H25F3N2O3S. The van der Waals surface area contributed by atoms with Crippen LogP contribution in [0, 0.1) is 12.8 Å². The molecule has 2 N–H and O–H groups in total. The van der Waals surface area contributed by atoms with E-state index < -0.39 is 12.1 Å². The summed E-state index contributed by atoms with van der Waals surface area (Å²) in [4.78, 5) is 15.9. The van der Waals surface area contributed by atoms with Crippen LogP contribution in [0.2, 0.25) is 0 Å². The first-order chi connectivity index (χ1) is 11.5. The van der Waals surface area contributed by atoms with E-state index in [4.69, 9.17) is 9.90 Å². The number of hydrogen-bond acceptors (Lipinski definition) is 5. The molecular weight excluding hydrogens is 357 g/mol. The highest BCUT2D eigenvalue weighted by Crippen LogP contribution is 2.28. The average molecular weight is 382 g/mol. The topological polar surface area (TPSA) is 73.7 Å². The molecule has 0 spiro atoms. The number of carbonyl (C=O) groups is 1. The van der Waals surface area contributed by atoms with Gasteiger partial charge in [-0.05, 0) is 52.5 Å². The first kappa shape index (κ1) is 21.9. The van der Waals surface area contributed by atoms with E-state index >= 15 is 0 Å². The van der Waals surface area contributed by atoms with Crippen LogP contribution >= 0.6 is 11.3 Å². The van der Waals surface area contributed by atoms with Crippen molar-refractivity contribution in [2.75, 3.05) is 13.6 Å². The lowest BCUT2D eigenvalue weighted by Crippen LogP contribution is -2.31. The minimum absolute atomic E-state index is 0.0504. The van der Waals surface area contributed by atoms with Gasteiger partial charge in [0.1, 0.15) is 5.01 Å². The SMILES string of the molecule is Cc1csc(C(C)N(C)CC2CCC(O)CC2)n1.O=C(O)C(F)(F)F. The number of aliphatic carboxylic acids is 1. The maximum absolute atomic E-state index is 10.6. The van der Waals surface area contributed by atoms with Gasteiger partial charge in [0, 0.05) is 17.6 Å². The van der Waals surface area contributed by atoms with Crippen molar-refractivity contribution in [1.82, 2.24) is 9.88 Å². The number of carboxylic acid groups (broad SMARTS) is 1. The molecule has 0 aromatic carbocycles. The number of aryl methyl sites for hydroxylation is 1. The fourth-order valence-corrected chi connectivity index (χ4v) is 3.56. The summed E-state index contributed by atoms with van der Waals surface area (Å²) in [6, 6.07) is 0.399. The normalized spacial score (nSPS) is 22.2. The molecule has 1 saturated carbocycles. The third kappa shape index (κ3) is 7.70. The van der Waals surface area contributed by atoms with Gasteiger partial charge in [0.05, 0.1) is 12.1 Å². The van der Waals surface area contributed by atoms with Gasteiger partial charge in [-0.1, -0.05) is 0 Å². The minimum Gasteiger partial charge on any atom is -0.475 e. The lowest BCUT2D eigenvalue weighted by Gasteiger charge is -2.31. The molecule has 9 heteroatoms. The Labute approximate surface area is 149 Å². The van der Waals surface area contributed by atoms with Crippen molar-refractivity contribution in [3.05, 3.63) is 16.1 Å². The molecule has 1 aliphatic carbocycles. The van der Waals surface area contributed by atoms with Crippen molar-refractivity contribution in [3.8, 4) is 0 Å². The van der Waals surface area contributed by atoms with Crippen molar-refractivity contribution in [2.24, 2.45) is 5.92 Å². The highest BCUT2D eigenvalue weighted by molar-refractivity contribution is 7.09. The number of carboxylic acids is 1. The second-order valence-electron chi connectivity index (χ2n) is 6.42. The molecule has 1 heterocycles. The predicted octanol–water partition coefficient (Wildman–Crippen LogP) is 3.63. The molecule has 0 amide bonds. The van der Waals surface area contributed by atoms with Gasteiger partial charge >= 0.3 is 12.1 Å². The van der Waals surface area contributed by atoms with Crippen LogP contribution in [0.4, 0.5) is 13.2 Å². The van der Waals surface area contributed by atoms with Gasteiger partial charge in [-0.25, -0.2) is 9.78 Å². The van der Waals surface area contributed by atoms with Gasteiger partial charge in [-0.2, -0.15) is 13.2 Å². The van der Waals surface area contributed by atoms with E-state index in [0.29, 0.717) is 6.04 Å². The summed E-state index contributed by atoms with van der Waals surface area (Å²) in [6.45, 7) is 5.40. The van der Waals surface area contributed by atoms with Gasteiger partial charge in [-0.3, -0.25) is 4.90 Å². The Balaban J connectivity index is 0.000000381. The molecule has 0 saturated heterocycles. The van der Waals surface area contributed by atoms with Crippen LogP contribution in [0.3, 0.4) is 0 Å². The molecule has 0 aliphatic heterocycles. The van der Waals surface area contributed by atoms with E-state index in [1.54, 1.807) is 11.3 Å². The molecule has 144 valence electrons. The molecule has 1 unspecified atom stereocenters. The molecule has 25 heavy (non-hydrogen) atoms. The van der Waals surface area contributed by atoms with Crippen molar-refractivity contribution < 1.29 is 28.2 Å². The molecule has 1 atom stereocenters. The number of hydrogen-bond donors (Lipinski definition) is 2. The van der Waals surface area contributed by atoms with E-state index in [2.05, 4.69) is 36.2 Å². The summed E-state index contributed by atoms with van der Waals surface area (Å²) >= 11 is 1.76. The smallest absolute Gasteiger partial charge is 0.475 e. The van der Waals surface area contributed by atoms with Gasteiger partial charge < -0.3 is 10.2 Å². The Morgan fingerprint density at radius 3 is 2.32 bits per heavy atom. The number of halogens is 3. The number of thiazole rings is 1. The fourth-order valence-electron chi connectivity index (χ4n) is 2.65. The summed E-state index contributed by atoms with van der Waals surface area (Å²) in [5.74, 6) is -2.02. The van der Waals surface area contributed by atoms with Crippen LogP contribution in [-0.4, -0.2) is 51.9 Å². The summed E-state index contributed by atoms with van der Waals surface area (Å²) < 4.78 is 31.7. The Morgan fingerprint density at radius 2 is 1.92 bits per heavy atom. The van der Waals surface area contributed by atoms with Crippen LogP contribution in [0.1, 0.15) is 49.4 Å². The molecule has 0 radical (unpaired) electrons. The van der Waals surface area contributed by atoms with Gasteiger partial charge in [0.2, 0.25) is 0 Å². The summed E-state index contributed by atoms with van der Waals surface area (Å²) in [5, 5.41) is 20.0. The molecule has 5 nitrogen and oxygen atoms in total. The number of aliphatic hydroxyl groups excluding tert-OH is 1. The largest absolute Gasteiger partial charge is 0.490 e. The maximum atomic E-state index is 10.6. The first-order valence-corrected chi connectivity index (χ1v) is 8.99. The number of nitrogens with zero attached hydrogens (tertiary/aromatic N) is 2. The zero-order valence-electron chi connectivity index (χ0n) is 14.6. The molecule has 1 aromatic heterocycles. The van der Waals surface area contributed by atoms with E-state index in [1.807, 2.05) is 0 Å². The maximum Gasteiger partial charge on any atom is 0.490 e. The predicted molar refractivity (Wildman–Crippen MR) is 89.6 cm³/mol. The zero-order valence-corrected chi connectivity index (χ0v) is 15.4. The van der Waals surface area contributed by atoms with Crippen molar-refractivity contribution in [3.63, 3.8) is 0 Å². The lowest BCUT2D eigenvalue weighted by molar-refractivity contribution is -0.192. The lowest BCUT2D eigenvalue weighted by atomic mass is 9.87. The highest BCUT2D eigenvalue weighted by Gasteiger charge is 2.38. The summed E-state index contributed by atoms with van der Waals surface area (Å²) in [6.07, 6.45) is -0.859. The van der Waals surface area contributed by atoms with Crippen molar-refractivity contribution in [1.29, 1.82) is 0 Å². The second kappa shape index (κ2) is 9.49. The number of rotatable bonds is 4. The van der Waals surface area contributed by atoms with E-state index in [1.165, 1.54) is 5.01 Å². The van der Waals surface area contributed by atoms with E-state index in [9.17, 15) is 18.3 Å². The van der Waals surface area contributed by atoms with Gasteiger partial charge in [0.15, 0.2) is 0 Å². The van der Waals surface area contributed by atoms with E-state index in [0.717, 1.165) is 43.8 Å². The molecule has 1 aromatic rings. The molecule has 1 fully saturated rings. The Kier molecular flexibility index (Phi) is 8.30. The van der Waals surface area contributed by atoms with Crippen LogP contribution in [-0.2, 0) is 4.79 Å². The molecule has 1 aliphatic rings. The summed E-state index contributed by atoms with van der Waals surface area (Å²) in [5.41, 5.74) is 1.12. The van der Waals surface area contributed by atoms with Crippen molar-refractivity contribution in [2.45, 2.75) is 57.9 Å². The second-order valence-corrected chi connectivity index (χ2v) is 7.31. The zero-order chi connectivity index (χ0) is 19.2. The third-order valence-electron chi connectivity index (χ3n) is 4.26. The van der Waals surface area contributed by atoms with Crippen LogP contribution < -0.4 is 0 Å². The number of aromatic nitrogens is 1. The van der Waals surface area contributed by atoms with Gasteiger partial charge in [0.25, 0.3) is 0 Å². The summed E-state index contributed by atoms with van der Waals surface area (Å²) in [7, 11) is 2.19. The quantitative estimate of drug-likeness (QED) is 0.832. The average Bonchev–Trinajstić information content (AvgIpc) is 2.95. The minimum atomic E-state index is -5.08. The first-order valence-electron chi connectivity index (χ1n) is 8.11. The standard InChI is InChI=1S/C14H24N2OS.C2HF3O2/c1-10-9-18-14(15-10)11(2)16(3)8-12-4-6-13(17)7-5-12;3-2(4,5)1(6)7/h9,11-13,17H,4-8H2,1-3H3;(H,6,7). The monoisotopic (exact) mass is 382 g/mol. The number of aliphatic hydroxyl groups is 1. The molecule has 2 rings (SSSR count). The number of alkyl halides is 3. The Morgan fingerprint density at radius 1 is 1.40 bits per heavy atom. The van der Waals surface area contributed by atoms with Crippen LogP contribution in [0.15, 0.2) is 5.38 Å². The Hall–Kier alpha value is -1.19. The van der Waals surface area contributed by atoms with Crippen LogP contribution in [0.25, 0.3) is 0 Å². The van der Waals surface area contributed by atoms with Crippen LogP contribution in [0.5, 0.6) is 0 Å². The third-order valence-corrected chi connectivity index (χ3v) is 5.39. The van der Waals surface area contributed by atoms with Crippen molar-refractivity contribution >= 4 is 17.3 Å². The molecule has 0 bridgehead atoms. The fraction of sp³-hybridized carbons (Fsp3) is 0.750. The Bertz CT molecular complexity index is 543. The highest BCUT2D eigenvalue weighted by atomic mass is 32.1.